The molecule has 0 N–H and O–H groups in total. The monoisotopic (exact) mass is 333 g/mol. The summed E-state index contributed by atoms with van der Waals surface area (Å²) in [7, 11) is 0. The van der Waals surface area contributed by atoms with Gasteiger partial charge in [0.05, 0.1) is 0 Å². The molecule has 0 aromatic rings. The fourth-order valence-electron chi connectivity index (χ4n) is 5.33. The van der Waals surface area contributed by atoms with Crippen LogP contribution in [-0.2, 0) is 9.53 Å². The highest BCUT2D eigenvalue weighted by molar-refractivity contribution is 5.81. The summed E-state index contributed by atoms with van der Waals surface area (Å²) in [5.41, 5.74) is 0. The van der Waals surface area contributed by atoms with Crippen molar-refractivity contribution in [3.05, 3.63) is 12.7 Å². The number of esters is 1. The van der Waals surface area contributed by atoms with Gasteiger partial charge in [0.25, 0.3) is 0 Å². The molecular weight excluding hydrogens is 298 g/mol. The molecule has 0 aromatic heterocycles. The standard InChI is InChI=1S/C21H35NO2/c1-2-21(23)24-20-15-13-19(14-16-20)22(17-9-5-3-6-10-17)18-11-7-4-8-12-18/h2,17-20H,1,3-16H2. The van der Waals surface area contributed by atoms with Crippen molar-refractivity contribution in [2.75, 3.05) is 0 Å². The van der Waals surface area contributed by atoms with Gasteiger partial charge in [0.2, 0.25) is 0 Å². The lowest BCUT2D eigenvalue weighted by Gasteiger charge is -2.48. The molecule has 0 aromatic carbocycles. The molecule has 0 atom stereocenters. The van der Waals surface area contributed by atoms with Gasteiger partial charge in [-0.05, 0) is 51.4 Å². The summed E-state index contributed by atoms with van der Waals surface area (Å²) in [6.07, 6.45) is 20.0. The highest BCUT2D eigenvalue weighted by Crippen LogP contribution is 2.36. The van der Waals surface area contributed by atoms with Gasteiger partial charge in [0.15, 0.2) is 0 Å². The van der Waals surface area contributed by atoms with Crippen molar-refractivity contribution in [2.24, 2.45) is 0 Å². The van der Waals surface area contributed by atoms with Crippen molar-refractivity contribution in [2.45, 2.75) is 114 Å². The molecule has 3 rings (SSSR count). The van der Waals surface area contributed by atoms with Gasteiger partial charge in [-0.1, -0.05) is 45.1 Å². The summed E-state index contributed by atoms with van der Waals surface area (Å²) in [4.78, 5) is 14.4. The van der Waals surface area contributed by atoms with Gasteiger partial charge in [-0.25, -0.2) is 4.79 Å². The molecule has 0 radical (unpaired) electrons. The van der Waals surface area contributed by atoms with E-state index in [9.17, 15) is 4.79 Å². The van der Waals surface area contributed by atoms with Crippen LogP contribution in [0.15, 0.2) is 12.7 Å². The molecule has 3 saturated carbocycles. The van der Waals surface area contributed by atoms with E-state index in [1.165, 1.54) is 83.1 Å². The third kappa shape index (κ3) is 4.62. The minimum atomic E-state index is -0.255. The van der Waals surface area contributed by atoms with Crippen molar-refractivity contribution < 1.29 is 9.53 Å². The van der Waals surface area contributed by atoms with Crippen LogP contribution < -0.4 is 0 Å². The second-order valence-corrected chi connectivity index (χ2v) is 8.10. The maximum Gasteiger partial charge on any atom is 0.330 e. The van der Waals surface area contributed by atoms with Gasteiger partial charge in [-0.15, -0.1) is 0 Å². The van der Waals surface area contributed by atoms with E-state index in [0.29, 0.717) is 0 Å². The summed E-state index contributed by atoms with van der Waals surface area (Å²) in [5.74, 6) is -0.255. The Labute approximate surface area is 147 Å². The van der Waals surface area contributed by atoms with Gasteiger partial charge in [-0.2, -0.15) is 0 Å². The maximum atomic E-state index is 11.4. The fraction of sp³-hybridized carbons (Fsp3) is 0.857. The quantitative estimate of drug-likeness (QED) is 0.524. The van der Waals surface area contributed by atoms with Crippen molar-refractivity contribution in [1.29, 1.82) is 0 Å². The van der Waals surface area contributed by atoms with Crippen LogP contribution in [0.3, 0.4) is 0 Å². The van der Waals surface area contributed by atoms with E-state index in [0.717, 1.165) is 31.0 Å². The second-order valence-electron chi connectivity index (χ2n) is 8.10. The lowest BCUT2D eigenvalue weighted by Crippen LogP contribution is -2.52. The first-order valence-electron chi connectivity index (χ1n) is 10.4. The van der Waals surface area contributed by atoms with Crippen molar-refractivity contribution >= 4 is 5.97 Å². The average molecular weight is 334 g/mol. The van der Waals surface area contributed by atoms with Gasteiger partial charge in [0.1, 0.15) is 6.10 Å². The van der Waals surface area contributed by atoms with Crippen LogP contribution in [0.2, 0.25) is 0 Å². The minimum Gasteiger partial charge on any atom is -0.459 e. The van der Waals surface area contributed by atoms with Crippen molar-refractivity contribution in [1.82, 2.24) is 4.90 Å². The first-order chi connectivity index (χ1) is 11.8. The predicted octanol–water partition coefficient (Wildman–Crippen LogP) is 4.99. The Bertz CT molecular complexity index is 384. The van der Waals surface area contributed by atoms with E-state index in [-0.39, 0.29) is 12.1 Å². The number of nitrogens with zero attached hydrogens (tertiary/aromatic N) is 1. The molecule has 3 aliphatic carbocycles. The zero-order valence-corrected chi connectivity index (χ0v) is 15.3. The first-order valence-corrected chi connectivity index (χ1v) is 10.4. The van der Waals surface area contributed by atoms with Crippen LogP contribution in [-0.4, -0.2) is 35.1 Å². The third-order valence-electron chi connectivity index (χ3n) is 6.51. The minimum absolute atomic E-state index is 0.117. The molecule has 136 valence electrons. The van der Waals surface area contributed by atoms with Crippen LogP contribution in [0.4, 0.5) is 0 Å². The summed E-state index contributed by atoms with van der Waals surface area (Å²) in [6, 6.07) is 2.35. The van der Waals surface area contributed by atoms with Gasteiger partial charge >= 0.3 is 5.97 Å². The van der Waals surface area contributed by atoms with Crippen LogP contribution in [0.5, 0.6) is 0 Å². The summed E-state index contributed by atoms with van der Waals surface area (Å²) in [6.45, 7) is 3.51. The van der Waals surface area contributed by atoms with E-state index in [1.54, 1.807) is 0 Å². The number of carbonyl (C=O) groups excluding carboxylic acids is 1. The smallest absolute Gasteiger partial charge is 0.330 e. The topological polar surface area (TPSA) is 29.5 Å². The van der Waals surface area contributed by atoms with E-state index < -0.39 is 0 Å². The molecular formula is C21H35NO2. The largest absolute Gasteiger partial charge is 0.459 e. The Balaban J connectivity index is 1.60. The van der Waals surface area contributed by atoms with E-state index >= 15 is 0 Å². The van der Waals surface area contributed by atoms with E-state index in [2.05, 4.69) is 11.5 Å². The molecule has 3 nitrogen and oxygen atoms in total. The van der Waals surface area contributed by atoms with Crippen LogP contribution in [0, 0.1) is 0 Å². The number of rotatable bonds is 5. The molecule has 0 heterocycles. The van der Waals surface area contributed by atoms with Crippen molar-refractivity contribution in [3.63, 3.8) is 0 Å². The Kier molecular flexibility index (Phi) is 6.76. The molecule has 3 aliphatic rings. The third-order valence-corrected chi connectivity index (χ3v) is 6.51. The Morgan fingerprint density at radius 3 is 1.67 bits per heavy atom. The summed E-state index contributed by atoms with van der Waals surface area (Å²) >= 11 is 0. The molecule has 3 heteroatoms. The highest BCUT2D eigenvalue weighted by Gasteiger charge is 2.36. The van der Waals surface area contributed by atoms with Crippen LogP contribution >= 0.6 is 0 Å². The zero-order chi connectivity index (χ0) is 16.8. The molecule has 24 heavy (non-hydrogen) atoms. The predicted molar refractivity (Wildman–Crippen MR) is 97.9 cm³/mol. The molecule has 0 spiro atoms. The Morgan fingerprint density at radius 1 is 0.750 bits per heavy atom. The number of carbonyl (C=O) groups is 1. The van der Waals surface area contributed by atoms with Crippen LogP contribution in [0.25, 0.3) is 0 Å². The van der Waals surface area contributed by atoms with Gasteiger partial charge < -0.3 is 4.74 Å². The second kappa shape index (κ2) is 9.03. The number of hydrogen-bond donors (Lipinski definition) is 0. The SMILES string of the molecule is C=CC(=O)OC1CCC(N(C2CCCCC2)C2CCCCC2)CC1. The fourth-order valence-corrected chi connectivity index (χ4v) is 5.33. The average Bonchev–Trinajstić information content (AvgIpc) is 2.65. The first kappa shape index (κ1) is 18.0. The molecule has 0 saturated heterocycles. The Hall–Kier alpha value is -0.830. The van der Waals surface area contributed by atoms with Gasteiger partial charge in [0, 0.05) is 24.2 Å². The lowest BCUT2D eigenvalue weighted by molar-refractivity contribution is -0.145. The van der Waals surface area contributed by atoms with E-state index in [4.69, 9.17) is 4.74 Å². The summed E-state index contributed by atoms with van der Waals surface area (Å²) in [5, 5.41) is 0. The van der Waals surface area contributed by atoms with Gasteiger partial charge in [-0.3, -0.25) is 4.90 Å². The molecule has 0 unspecified atom stereocenters. The normalized spacial score (nSPS) is 30.2. The molecule has 0 amide bonds. The maximum absolute atomic E-state index is 11.4. The number of hydrogen-bond acceptors (Lipinski definition) is 3. The molecule has 3 fully saturated rings. The number of ether oxygens (including phenoxy) is 1. The molecule has 0 aliphatic heterocycles. The highest BCUT2D eigenvalue weighted by atomic mass is 16.5. The zero-order valence-electron chi connectivity index (χ0n) is 15.3. The molecule has 0 bridgehead atoms. The lowest BCUT2D eigenvalue weighted by atomic mass is 9.83. The van der Waals surface area contributed by atoms with E-state index in [1.807, 2.05) is 0 Å². The Morgan fingerprint density at radius 2 is 1.21 bits per heavy atom. The van der Waals surface area contributed by atoms with Crippen LogP contribution in [0.1, 0.15) is 89.9 Å². The van der Waals surface area contributed by atoms with Crippen molar-refractivity contribution in [3.8, 4) is 0 Å². The summed E-state index contributed by atoms with van der Waals surface area (Å²) < 4.78 is 5.48.